The van der Waals surface area contributed by atoms with Gasteiger partial charge in [0, 0.05) is 16.1 Å². The van der Waals surface area contributed by atoms with E-state index in [9.17, 15) is 4.79 Å². The summed E-state index contributed by atoms with van der Waals surface area (Å²) in [4.78, 5) is 16.6. The third-order valence-electron chi connectivity index (χ3n) is 4.28. The van der Waals surface area contributed by atoms with Crippen LogP contribution in [0.5, 0.6) is 17.2 Å². The van der Waals surface area contributed by atoms with Crippen molar-refractivity contribution in [1.29, 1.82) is 0 Å². The van der Waals surface area contributed by atoms with Gasteiger partial charge >= 0.3 is 5.97 Å². The molecular weight excluding hydrogens is 382 g/mol. The Bertz CT molecular complexity index is 1050. The van der Waals surface area contributed by atoms with Gasteiger partial charge in [-0.25, -0.2) is 9.79 Å². The van der Waals surface area contributed by atoms with E-state index < -0.39 is 5.97 Å². The minimum Gasteiger partial charge on any atom is -0.493 e. The Morgan fingerprint density at radius 1 is 1.11 bits per heavy atom. The van der Waals surface area contributed by atoms with Gasteiger partial charge in [0.05, 0.1) is 14.2 Å². The number of carbonyl (C=O) groups excluding carboxylic acids is 1. The fourth-order valence-corrected chi connectivity index (χ4v) is 3.11. The molecule has 2 aliphatic heterocycles. The van der Waals surface area contributed by atoms with Crippen molar-refractivity contribution in [3.05, 3.63) is 69.9 Å². The number of esters is 1. The molecule has 6 nitrogen and oxygen atoms in total. The van der Waals surface area contributed by atoms with Crippen LogP contribution in [0.4, 0.5) is 0 Å². The van der Waals surface area contributed by atoms with E-state index in [1.165, 1.54) is 7.11 Å². The second kappa shape index (κ2) is 7.40. The second-order valence-corrected chi connectivity index (χ2v) is 6.53. The van der Waals surface area contributed by atoms with Gasteiger partial charge in [0.15, 0.2) is 17.2 Å². The van der Waals surface area contributed by atoms with Crippen LogP contribution in [-0.2, 0) is 9.53 Å². The average molecular weight is 398 g/mol. The van der Waals surface area contributed by atoms with E-state index in [0.29, 0.717) is 28.7 Å². The van der Waals surface area contributed by atoms with Gasteiger partial charge in [0.25, 0.3) is 0 Å². The van der Waals surface area contributed by atoms with Crippen LogP contribution in [0.1, 0.15) is 11.1 Å². The van der Waals surface area contributed by atoms with Gasteiger partial charge in [0.1, 0.15) is 12.4 Å². The molecule has 0 unspecified atom stereocenters. The van der Waals surface area contributed by atoms with Gasteiger partial charge in [-0.2, -0.15) is 0 Å². The Labute approximate surface area is 166 Å². The minimum absolute atomic E-state index is 0.199. The monoisotopic (exact) mass is 397 g/mol. The number of ether oxygens (including phenoxy) is 4. The van der Waals surface area contributed by atoms with Crippen LogP contribution in [0, 0.1) is 0 Å². The number of benzene rings is 2. The molecule has 0 amide bonds. The average Bonchev–Trinajstić information content (AvgIpc) is 3.07. The van der Waals surface area contributed by atoms with E-state index >= 15 is 0 Å². The number of fused-ring (bicyclic) bond motifs is 1. The van der Waals surface area contributed by atoms with Crippen LogP contribution in [0.3, 0.4) is 0 Å². The van der Waals surface area contributed by atoms with Crippen LogP contribution in [0.15, 0.2) is 58.7 Å². The third kappa shape index (κ3) is 3.46. The van der Waals surface area contributed by atoms with Gasteiger partial charge < -0.3 is 18.9 Å². The molecule has 28 heavy (non-hydrogen) atoms. The highest BCUT2D eigenvalue weighted by Gasteiger charge is 2.25. The fourth-order valence-electron chi connectivity index (χ4n) is 2.93. The molecule has 0 spiro atoms. The molecule has 2 aromatic carbocycles. The van der Waals surface area contributed by atoms with E-state index in [1.54, 1.807) is 43.5 Å². The van der Waals surface area contributed by atoms with Gasteiger partial charge in [0.2, 0.25) is 5.90 Å². The molecule has 0 aromatic heterocycles. The first kappa shape index (κ1) is 18.1. The number of hydrogen-bond acceptors (Lipinski definition) is 6. The predicted molar refractivity (Wildman–Crippen MR) is 105 cm³/mol. The first-order valence-corrected chi connectivity index (χ1v) is 8.83. The van der Waals surface area contributed by atoms with Crippen molar-refractivity contribution in [2.75, 3.05) is 20.8 Å². The summed E-state index contributed by atoms with van der Waals surface area (Å²) in [6, 6.07) is 10.6. The highest BCUT2D eigenvalue weighted by Crippen LogP contribution is 2.31. The Hall–Kier alpha value is -3.25. The fraction of sp³-hybridized carbons (Fsp3) is 0.143. The van der Waals surface area contributed by atoms with Gasteiger partial charge in [-0.3, -0.25) is 0 Å². The second-order valence-electron chi connectivity index (χ2n) is 6.10. The maximum absolute atomic E-state index is 12.3. The van der Waals surface area contributed by atoms with Crippen molar-refractivity contribution in [1.82, 2.24) is 0 Å². The van der Waals surface area contributed by atoms with Crippen molar-refractivity contribution in [3.8, 4) is 17.2 Å². The van der Waals surface area contributed by atoms with Crippen LogP contribution in [0.25, 0.3) is 6.08 Å². The molecule has 0 atom stereocenters. The summed E-state index contributed by atoms with van der Waals surface area (Å²) < 4.78 is 21.5. The lowest BCUT2D eigenvalue weighted by Crippen LogP contribution is -2.08. The van der Waals surface area contributed by atoms with E-state index in [4.69, 9.17) is 30.5 Å². The predicted octanol–water partition coefficient (Wildman–Crippen LogP) is 4.02. The zero-order valence-electron chi connectivity index (χ0n) is 15.2. The standard InChI is InChI=1S/C21H16ClNO5/c1-25-18-5-3-13(10-19(18)26-2)20-23-16(21(24)28-20)8-12-7-14-9-15(22)4-6-17(14)27-11-12/h3-10H,11H2,1-2H3/b16-8+. The number of nitrogens with zero attached hydrogens (tertiary/aromatic N) is 1. The topological polar surface area (TPSA) is 66.4 Å². The van der Waals surface area contributed by atoms with Crippen molar-refractivity contribution in [3.63, 3.8) is 0 Å². The lowest BCUT2D eigenvalue weighted by Gasteiger charge is -2.16. The quantitative estimate of drug-likeness (QED) is 0.575. The van der Waals surface area contributed by atoms with Crippen molar-refractivity contribution >= 4 is 29.5 Å². The van der Waals surface area contributed by atoms with Crippen LogP contribution in [0.2, 0.25) is 5.02 Å². The number of rotatable bonds is 4. The molecule has 0 aliphatic carbocycles. The largest absolute Gasteiger partial charge is 0.493 e. The molecule has 2 aliphatic rings. The summed E-state index contributed by atoms with van der Waals surface area (Å²) in [5.74, 6) is 1.53. The van der Waals surface area contributed by atoms with Gasteiger partial charge in [-0.15, -0.1) is 0 Å². The molecular formula is C21H16ClNO5. The maximum Gasteiger partial charge on any atom is 0.363 e. The summed E-state index contributed by atoms with van der Waals surface area (Å²) in [6.45, 7) is 0.326. The van der Waals surface area contributed by atoms with Crippen molar-refractivity contribution in [2.24, 2.45) is 4.99 Å². The zero-order valence-corrected chi connectivity index (χ0v) is 15.9. The van der Waals surface area contributed by atoms with E-state index in [2.05, 4.69) is 4.99 Å². The molecule has 2 heterocycles. The minimum atomic E-state index is -0.525. The zero-order chi connectivity index (χ0) is 19.7. The molecule has 0 bridgehead atoms. The molecule has 0 N–H and O–H groups in total. The number of halogens is 1. The first-order chi connectivity index (χ1) is 13.6. The Morgan fingerprint density at radius 3 is 2.71 bits per heavy atom. The number of methoxy groups -OCH3 is 2. The normalized spacial score (nSPS) is 16.7. The number of cyclic esters (lactones) is 1. The number of hydrogen-bond donors (Lipinski definition) is 0. The van der Waals surface area contributed by atoms with Gasteiger partial charge in [-0.05, 0) is 54.1 Å². The van der Waals surface area contributed by atoms with Gasteiger partial charge in [-0.1, -0.05) is 11.6 Å². The maximum atomic E-state index is 12.3. The Balaban J connectivity index is 1.65. The summed E-state index contributed by atoms with van der Waals surface area (Å²) in [7, 11) is 3.09. The van der Waals surface area contributed by atoms with E-state index in [0.717, 1.165) is 16.9 Å². The van der Waals surface area contributed by atoms with Crippen LogP contribution >= 0.6 is 11.6 Å². The summed E-state index contributed by atoms with van der Waals surface area (Å²) >= 11 is 6.04. The highest BCUT2D eigenvalue weighted by molar-refractivity contribution is 6.30. The van der Waals surface area contributed by atoms with Crippen LogP contribution in [-0.4, -0.2) is 32.7 Å². The molecule has 0 saturated carbocycles. The smallest absolute Gasteiger partial charge is 0.363 e. The summed E-state index contributed by atoms with van der Waals surface area (Å²) in [5.41, 5.74) is 2.45. The highest BCUT2D eigenvalue weighted by atomic mass is 35.5. The summed E-state index contributed by atoms with van der Waals surface area (Å²) in [5, 5.41) is 0.613. The lowest BCUT2D eigenvalue weighted by atomic mass is 10.1. The third-order valence-corrected chi connectivity index (χ3v) is 4.52. The lowest BCUT2D eigenvalue weighted by molar-refractivity contribution is -0.130. The van der Waals surface area contributed by atoms with Crippen molar-refractivity contribution in [2.45, 2.75) is 0 Å². The molecule has 0 radical (unpaired) electrons. The molecule has 0 saturated heterocycles. The summed E-state index contributed by atoms with van der Waals surface area (Å²) in [6.07, 6.45) is 3.56. The molecule has 0 fully saturated rings. The molecule has 4 rings (SSSR count). The Morgan fingerprint density at radius 2 is 1.93 bits per heavy atom. The first-order valence-electron chi connectivity index (χ1n) is 8.45. The number of aliphatic imine (C=N–C) groups is 1. The van der Waals surface area contributed by atoms with E-state index in [-0.39, 0.29) is 11.6 Å². The van der Waals surface area contributed by atoms with Crippen molar-refractivity contribution < 1.29 is 23.7 Å². The van der Waals surface area contributed by atoms with E-state index in [1.807, 2.05) is 12.1 Å². The molecule has 2 aromatic rings. The number of carbonyl (C=O) groups is 1. The molecule has 7 heteroatoms. The Kier molecular flexibility index (Phi) is 4.79. The SMILES string of the molecule is COc1ccc(C2=N/C(=C/C3=Cc4cc(Cl)ccc4OC3)C(=O)O2)cc1OC. The van der Waals surface area contributed by atoms with Crippen LogP contribution < -0.4 is 14.2 Å². The molecule has 142 valence electrons.